The molecule has 1 saturated carbocycles. The second-order valence-electron chi connectivity index (χ2n) is 6.92. The molecule has 2 fully saturated rings. The third-order valence-electron chi connectivity index (χ3n) is 5.29. The lowest BCUT2D eigenvalue weighted by Crippen LogP contribution is -2.47. The number of para-hydroxylation sites is 1. The number of aromatic nitrogens is 1. The highest BCUT2D eigenvalue weighted by Crippen LogP contribution is 2.44. The van der Waals surface area contributed by atoms with E-state index in [1.165, 1.54) is 6.42 Å². The van der Waals surface area contributed by atoms with E-state index in [1.54, 1.807) is 6.20 Å². The van der Waals surface area contributed by atoms with Gasteiger partial charge in [0.15, 0.2) is 0 Å². The molecule has 1 aromatic heterocycles. The number of hydrogen-bond donors (Lipinski definition) is 0. The van der Waals surface area contributed by atoms with Crippen LogP contribution in [-0.4, -0.2) is 36.4 Å². The van der Waals surface area contributed by atoms with Crippen molar-refractivity contribution < 1.29 is 19.0 Å². The third kappa shape index (κ3) is 3.47. The zero-order valence-corrected chi connectivity index (χ0v) is 14.3. The Hall–Kier alpha value is -2.14. The maximum absolute atomic E-state index is 12.3. The number of pyridine rings is 1. The van der Waals surface area contributed by atoms with Crippen LogP contribution in [0.5, 0.6) is 5.75 Å². The van der Waals surface area contributed by atoms with Crippen molar-refractivity contribution >= 4 is 16.9 Å². The highest BCUT2D eigenvalue weighted by Gasteiger charge is 2.44. The monoisotopic (exact) mass is 341 g/mol. The van der Waals surface area contributed by atoms with Gasteiger partial charge in [0.05, 0.1) is 17.0 Å². The number of nitrogens with zero attached hydrogens (tertiary/aromatic N) is 1. The summed E-state index contributed by atoms with van der Waals surface area (Å²) in [6.45, 7) is 1.27. The van der Waals surface area contributed by atoms with Crippen molar-refractivity contribution in [2.75, 3.05) is 19.8 Å². The first kappa shape index (κ1) is 16.3. The van der Waals surface area contributed by atoms with Gasteiger partial charge in [-0.1, -0.05) is 12.1 Å². The SMILES string of the molecule is O=C(OCCOc1ccnc2ccccc12)C1CCOC2(CCC2)C1. The van der Waals surface area contributed by atoms with Crippen molar-refractivity contribution in [1.82, 2.24) is 4.98 Å². The number of rotatable bonds is 5. The molecule has 2 aromatic rings. The molecule has 1 unspecified atom stereocenters. The van der Waals surface area contributed by atoms with Crippen LogP contribution in [0.2, 0.25) is 0 Å². The second-order valence-corrected chi connectivity index (χ2v) is 6.92. The Bertz CT molecular complexity index is 751. The average Bonchev–Trinajstić information content (AvgIpc) is 2.64. The summed E-state index contributed by atoms with van der Waals surface area (Å²) in [6.07, 6.45) is 6.65. The first-order valence-corrected chi connectivity index (χ1v) is 9.03. The molecule has 0 bridgehead atoms. The van der Waals surface area contributed by atoms with E-state index in [0.29, 0.717) is 13.2 Å². The van der Waals surface area contributed by atoms with E-state index in [-0.39, 0.29) is 24.1 Å². The Balaban J connectivity index is 1.27. The van der Waals surface area contributed by atoms with Crippen molar-refractivity contribution in [3.8, 4) is 5.75 Å². The van der Waals surface area contributed by atoms with Crippen LogP contribution in [0.1, 0.15) is 32.1 Å². The van der Waals surface area contributed by atoms with Crippen LogP contribution in [0.4, 0.5) is 0 Å². The number of carbonyl (C=O) groups is 1. The Morgan fingerprint density at radius 3 is 2.96 bits per heavy atom. The summed E-state index contributed by atoms with van der Waals surface area (Å²) in [4.78, 5) is 16.6. The Morgan fingerprint density at radius 1 is 1.24 bits per heavy atom. The molecule has 1 aliphatic carbocycles. The van der Waals surface area contributed by atoms with Crippen LogP contribution in [0, 0.1) is 5.92 Å². The summed E-state index contributed by atoms with van der Waals surface area (Å²) in [5.74, 6) is 0.620. The van der Waals surface area contributed by atoms with Crippen LogP contribution >= 0.6 is 0 Å². The molecule has 0 N–H and O–H groups in total. The van der Waals surface area contributed by atoms with Gasteiger partial charge in [-0.2, -0.15) is 0 Å². The molecule has 0 radical (unpaired) electrons. The van der Waals surface area contributed by atoms with Gasteiger partial charge >= 0.3 is 5.97 Å². The summed E-state index contributed by atoms with van der Waals surface area (Å²) in [6, 6.07) is 9.67. The van der Waals surface area contributed by atoms with Crippen LogP contribution in [0.15, 0.2) is 36.5 Å². The van der Waals surface area contributed by atoms with Gasteiger partial charge in [-0.15, -0.1) is 0 Å². The minimum absolute atomic E-state index is 0.0317. The fraction of sp³-hybridized carbons (Fsp3) is 0.500. The van der Waals surface area contributed by atoms with Gasteiger partial charge in [-0.25, -0.2) is 0 Å². The predicted molar refractivity (Wildman–Crippen MR) is 93.5 cm³/mol. The number of carbonyl (C=O) groups excluding carboxylic acids is 1. The summed E-state index contributed by atoms with van der Waals surface area (Å²) >= 11 is 0. The smallest absolute Gasteiger partial charge is 0.309 e. The molecule has 132 valence electrons. The fourth-order valence-corrected chi connectivity index (χ4v) is 3.76. The van der Waals surface area contributed by atoms with Gasteiger partial charge in [0.1, 0.15) is 19.0 Å². The fourth-order valence-electron chi connectivity index (χ4n) is 3.76. The first-order chi connectivity index (χ1) is 12.3. The molecule has 1 saturated heterocycles. The van der Waals surface area contributed by atoms with Crippen molar-refractivity contribution in [1.29, 1.82) is 0 Å². The van der Waals surface area contributed by atoms with Gasteiger partial charge in [-0.05, 0) is 50.3 Å². The molecule has 2 aliphatic rings. The number of benzene rings is 1. The lowest BCUT2D eigenvalue weighted by Gasteiger charge is -2.46. The normalized spacial score (nSPS) is 21.7. The molecule has 1 spiro atoms. The lowest BCUT2D eigenvalue weighted by molar-refractivity contribution is -0.172. The molecule has 2 heterocycles. The van der Waals surface area contributed by atoms with E-state index >= 15 is 0 Å². The molecule has 1 aromatic carbocycles. The van der Waals surface area contributed by atoms with Crippen molar-refractivity contribution in [3.05, 3.63) is 36.5 Å². The highest BCUT2D eigenvalue weighted by atomic mass is 16.6. The zero-order valence-electron chi connectivity index (χ0n) is 14.3. The first-order valence-electron chi connectivity index (χ1n) is 9.03. The number of esters is 1. The van der Waals surface area contributed by atoms with E-state index in [9.17, 15) is 4.79 Å². The maximum Gasteiger partial charge on any atom is 0.309 e. The molecule has 0 amide bonds. The maximum atomic E-state index is 12.3. The third-order valence-corrected chi connectivity index (χ3v) is 5.29. The molecule has 25 heavy (non-hydrogen) atoms. The summed E-state index contributed by atoms with van der Waals surface area (Å²) in [7, 11) is 0. The van der Waals surface area contributed by atoms with Gasteiger partial charge in [0.2, 0.25) is 0 Å². The van der Waals surface area contributed by atoms with Gasteiger partial charge in [0.25, 0.3) is 0 Å². The van der Waals surface area contributed by atoms with Gasteiger partial charge in [0, 0.05) is 18.2 Å². The lowest BCUT2D eigenvalue weighted by atomic mass is 9.72. The molecular weight excluding hydrogens is 318 g/mol. The molecule has 1 aliphatic heterocycles. The van der Waals surface area contributed by atoms with E-state index in [4.69, 9.17) is 14.2 Å². The van der Waals surface area contributed by atoms with Crippen LogP contribution in [-0.2, 0) is 14.3 Å². The van der Waals surface area contributed by atoms with Crippen molar-refractivity contribution in [3.63, 3.8) is 0 Å². The molecular formula is C20H23NO4. The van der Waals surface area contributed by atoms with E-state index in [1.807, 2.05) is 30.3 Å². The van der Waals surface area contributed by atoms with Crippen molar-refractivity contribution in [2.24, 2.45) is 5.92 Å². The zero-order chi connectivity index (χ0) is 17.1. The standard InChI is InChI=1S/C20H23NO4/c22-19(15-7-11-25-20(14-15)8-3-9-20)24-13-12-23-18-6-10-21-17-5-2-1-4-16(17)18/h1-2,4-6,10,15H,3,7-9,11-14H2. The minimum Gasteiger partial charge on any atom is -0.489 e. The van der Waals surface area contributed by atoms with Crippen molar-refractivity contribution in [2.45, 2.75) is 37.7 Å². The average molecular weight is 341 g/mol. The predicted octanol–water partition coefficient (Wildman–Crippen LogP) is 3.51. The number of hydrogen-bond acceptors (Lipinski definition) is 5. The molecule has 4 rings (SSSR count). The quantitative estimate of drug-likeness (QED) is 0.615. The Labute approximate surface area is 147 Å². The van der Waals surface area contributed by atoms with Gasteiger partial charge < -0.3 is 14.2 Å². The second kappa shape index (κ2) is 7.00. The Kier molecular flexibility index (Phi) is 4.57. The number of ether oxygens (including phenoxy) is 3. The molecule has 5 heteroatoms. The Morgan fingerprint density at radius 2 is 2.12 bits per heavy atom. The minimum atomic E-state index is -0.113. The molecule has 5 nitrogen and oxygen atoms in total. The van der Waals surface area contributed by atoms with Crippen LogP contribution in [0.3, 0.4) is 0 Å². The summed E-state index contributed by atoms with van der Waals surface area (Å²) < 4.78 is 17.1. The summed E-state index contributed by atoms with van der Waals surface area (Å²) in [5.41, 5.74) is 0.860. The van der Waals surface area contributed by atoms with Gasteiger partial charge in [-0.3, -0.25) is 9.78 Å². The summed E-state index contributed by atoms with van der Waals surface area (Å²) in [5, 5.41) is 0.965. The largest absolute Gasteiger partial charge is 0.489 e. The topological polar surface area (TPSA) is 57.7 Å². The van der Waals surface area contributed by atoms with E-state index in [2.05, 4.69) is 4.98 Å². The number of fused-ring (bicyclic) bond motifs is 1. The van der Waals surface area contributed by atoms with E-state index < -0.39 is 0 Å². The molecule has 1 atom stereocenters. The van der Waals surface area contributed by atoms with E-state index in [0.717, 1.165) is 42.3 Å². The van der Waals surface area contributed by atoms with Crippen LogP contribution in [0.25, 0.3) is 10.9 Å². The van der Waals surface area contributed by atoms with Crippen LogP contribution < -0.4 is 4.74 Å². The highest BCUT2D eigenvalue weighted by molar-refractivity contribution is 5.84.